The smallest absolute Gasteiger partial charge is 0.453 e. The van der Waals surface area contributed by atoms with Crippen LogP contribution in [0, 0.1) is 13.8 Å². The molecule has 0 saturated heterocycles. The van der Waals surface area contributed by atoms with Gasteiger partial charge in [-0.3, -0.25) is 0 Å². The molecule has 0 spiro atoms. The molecule has 1 heterocycles. The summed E-state index contributed by atoms with van der Waals surface area (Å²) in [6, 6.07) is 2.87. The van der Waals surface area contributed by atoms with Crippen molar-refractivity contribution >= 4 is 11.2 Å². The Hall–Kier alpha value is -1.68. The summed E-state index contributed by atoms with van der Waals surface area (Å²) in [5.41, 5.74) is 1.26. The zero-order chi connectivity index (χ0) is 18.3. The number of rotatable bonds is 4. The molecule has 1 atom stereocenters. The number of nitrogens with zero attached hydrogens (tertiary/aromatic N) is 3. The maximum atomic E-state index is 13.1. The zero-order valence-corrected chi connectivity index (χ0v) is 13.8. The molecule has 0 aliphatic carbocycles. The van der Waals surface area contributed by atoms with Gasteiger partial charge in [-0.1, -0.05) is 0 Å². The number of hydrogen-bond donors (Lipinski definition) is 0. The second-order valence-corrected chi connectivity index (χ2v) is 6.89. The first kappa shape index (κ1) is 18.7. The van der Waals surface area contributed by atoms with Gasteiger partial charge < -0.3 is 4.55 Å². The van der Waals surface area contributed by atoms with Crippen molar-refractivity contribution in [3.05, 3.63) is 35.4 Å². The van der Waals surface area contributed by atoms with Gasteiger partial charge in [0.2, 0.25) is 0 Å². The number of aromatic nitrogens is 3. The first-order valence-corrected chi connectivity index (χ1v) is 8.07. The number of aryl methyl sites for hydroxylation is 2. The average Bonchev–Trinajstić information content (AvgIpc) is 2.85. The molecule has 2 rings (SSSR count). The van der Waals surface area contributed by atoms with Gasteiger partial charge in [-0.15, -0.1) is 5.10 Å². The van der Waals surface area contributed by atoms with Crippen LogP contribution in [0.4, 0.5) is 22.0 Å². The molecule has 4 nitrogen and oxygen atoms in total. The van der Waals surface area contributed by atoms with Crippen LogP contribution in [0.5, 0.6) is 0 Å². The van der Waals surface area contributed by atoms with Gasteiger partial charge in [-0.05, 0) is 36.7 Å². The van der Waals surface area contributed by atoms with Crippen LogP contribution in [0.25, 0.3) is 5.69 Å². The van der Waals surface area contributed by atoms with Crippen molar-refractivity contribution in [1.82, 2.24) is 14.8 Å². The Morgan fingerprint density at radius 2 is 1.75 bits per heavy atom. The van der Waals surface area contributed by atoms with Crippen LogP contribution in [0.2, 0.25) is 0 Å². The van der Waals surface area contributed by atoms with Crippen molar-refractivity contribution in [2.75, 3.05) is 5.75 Å². The van der Waals surface area contributed by atoms with Crippen molar-refractivity contribution < 1.29 is 26.5 Å². The second-order valence-electron chi connectivity index (χ2n) is 5.47. The van der Waals surface area contributed by atoms with Crippen LogP contribution < -0.4 is 0 Å². The third kappa shape index (κ3) is 4.23. The van der Waals surface area contributed by atoms with E-state index in [1.54, 1.807) is 19.9 Å². The summed E-state index contributed by atoms with van der Waals surface area (Å²) in [5, 5.41) is 3.35. The van der Waals surface area contributed by atoms with Gasteiger partial charge in [0.25, 0.3) is 11.7 Å². The molecule has 0 radical (unpaired) electrons. The normalized spacial score (nSPS) is 14.0. The number of hydrogen-bond acceptors (Lipinski definition) is 3. The number of benzene rings is 1. The van der Waals surface area contributed by atoms with Crippen molar-refractivity contribution in [3.63, 3.8) is 0 Å². The Labute approximate surface area is 137 Å². The Balaban J connectivity index is 2.45. The lowest BCUT2D eigenvalue weighted by Crippen LogP contribution is -2.25. The fourth-order valence-corrected chi connectivity index (χ4v) is 3.41. The highest BCUT2D eigenvalue weighted by molar-refractivity contribution is 7.91. The van der Waals surface area contributed by atoms with E-state index in [-0.39, 0.29) is 10.6 Å². The van der Waals surface area contributed by atoms with Gasteiger partial charge in [0.05, 0.1) is 5.69 Å². The standard InChI is InChI=1S/C14H14F5N3OS/c1-8-4-9(2)11(24(23)6-13(3,15)16)5-10(8)22-7-20-12(21-22)14(17,18)19/h4-5,7H,6H2,1-3H3. The molecule has 0 bridgehead atoms. The van der Waals surface area contributed by atoms with E-state index in [1.165, 1.54) is 6.07 Å². The molecule has 2 aromatic rings. The van der Waals surface area contributed by atoms with Crippen LogP contribution in [0.15, 0.2) is 23.4 Å². The average molecular weight is 367 g/mol. The molecule has 24 heavy (non-hydrogen) atoms. The molecule has 1 aromatic carbocycles. The molecule has 0 N–H and O–H groups in total. The predicted octanol–water partition coefficient (Wildman–Crippen LogP) is 3.67. The molecule has 10 heteroatoms. The molecule has 0 fully saturated rings. The van der Waals surface area contributed by atoms with E-state index in [9.17, 15) is 26.5 Å². The molecule has 1 aromatic heterocycles. The first-order chi connectivity index (χ1) is 10.9. The van der Waals surface area contributed by atoms with Gasteiger partial charge in [0.1, 0.15) is 6.33 Å². The van der Waals surface area contributed by atoms with E-state index in [0.29, 0.717) is 18.1 Å². The van der Waals surface area contributed by atoms with Crippen molar-refractivity contribution in [2.45, 2.75) is 37.8 Å². The van der Waals surface area contributed by atoms with Gasteiger partial charge >= 0.3 is 6.18 Å². The van der Waals surface area contributed by atoms with Crippen LogP contribution in [-0.2, 0) is 17.4 Å². The third-order valence-corrected chi connectivity index (χ3v) is 4.82. The molecule has 0 aliphatic rings. The summed E-state index contributed by atoms with van der Waals surface area (Å²) < 4.78 is 77.0. The fraction of sp³-hybridized carbons (Fsp3) is 0.429. The summed E-state index contributed by atoms with van der Waals surface area (Å²) in [5.74, 6) is -5.31. The van der Waals surface area contributed by atoms with Gasteiger partial charge in [-0.25, -0.2) is 18.4 Å². The lowest BCUT2D eigenvalue weighted by Gasteiger charge is -2.18. The van der Waals surface area contributed by atoms with Crippen LogP contribution in [0.1, 0.15) is 23.9 Å². The molecule has 0 aliphatic heterocycles. The minimum atomic E-state index is -4.69. The monoisotopic (exact) mass is 367 g/mol. The zero-order valence-electron chi connectivity index (χ0n) is 13.0. The van der Waals surface area contributed by atoms with E-state index in [2.05, 4.69) is 10.1 Å². The van der Waals surface area contributed by atoms with Crippen LogP contribution >= 0.6 is 0 Å². The lowest BCUT2D eigenvalue weighted by atomic mass is 10.1. The van der Waals surface area contributed by atoms with Crippen molar-refractivity contribution in [1.29, 1.82) is 0 Å². The Bertz CT molecular complexity index is 739. The minimum absolute atomic E-state index is 0.126. The van der Waals surface area contributed by atoms with E-state index < -0.39 is 34.9 Å². The van der Waals surface area contributed by atoms with Gasteiger partial charge in [-0.2, -0.15) is 13.2 Å². The lowest BCUT2D eigenvalue weighted by molar-refractivity contribution is -0.144. The number of alkyl halides is 5. The fourth-order valence-electron chi connectivity index (χ4n) is 2.13. The Morgan fingerprint density at radius 3 is 2.25 bits per heavy atom. The Kier molecular flexibility index (Phi) is 4.91. The van der Waals surface area contributed by atoms with E-state index >= 15 is 0 Å². The van der Waals surface area contributed by atoms with E-state index in [0.717, 1.165) is 11.0 Å². The molecule has 0 saturated carbocycles. The maximum Gasteiger partial charge on any atom is 0.453 e. The largest absolute Gasteiger partial charge is 0.611 e. The highest BCUT2D eigenvalue weighted by Gasteiger charge is 2.36. The second kappa shape index (κ2) is 6.32. The quantitative estimate of drug-likeness (QED) is 0.612. The third-order valence-electron chi connectivity index (χ3n) is 3.12. The molecular formula is C14H14F5N3OS. The predicted molar refractivity (Wildman–Crippen MR) is 77.7 cm³/mol. The summed E-state index contributed by atoms with van der Waals surface area (Å²) in [6.07, 6.45) is -3.82. The molecular weight excluding hydrogens is 353 g/mol. The first-order valence-electron chi connectivity index (χ1n) is 6.75. The van der Waals surface area contributed by atoms with E-state index in [1.807, 2.05) is 0 Å². The molecule has 132 valence electrons. The van der Waals surface area contributed by atoms with E-state index in [4.69, 9.17) is 0 Å². The highest BCUT2D eigenvalue weighted by Crippen LogP contribution is 2.29. The van der Waals surface area contributed by atoms with Crippen molar-refractivity contribution in [2.24, 2.45) is 0 Å². The topological polar surface area (TPSA) is 53.8 Å². The van der Waals surface area contributed by atoms with Gasteiger partial charge in [0.15, 0.2) is 10.6 Å². The van der Waals surface area contributed by atoms with Crippen molar-refractivity contribution in [3.8, 4) is 5.69 Å². The number of halogens is 5. The summed E-state index contributed by atoms with van der Waals surface area (Å²) in [4.78, 5) is 3.32. The SMILES string of the molecule is Cc1cc(C)c([S+]([O-])CC(C)(F)F)cc1-n1cnc(C(F)(F)F)n1. The summed E-state index contributed by atoms with van der Waals surface area (Å²) in [7, 11) is 0. The minimum Gasteiger partial charge on any atom is -0.611 e. The highest BCUT2D eigenvalue weighted by atomic mass is 32.2. The Morgan fingerprint density at radius 1 is 1.12 bits per heavy atom. The molecule has 1 unspecified atom stereocenters. The van der Waals surface area contributed by atoms with Gasteiger partial charge in [0, 0.05) is 18.6 Å². The van der Waals surface area contributed by atoms with Crippen LogP contribution in [-0.4, -0.2) is 31.0 Å². The van der Waals surface area contributed by atoms with Crippen LogP contribution in [0.3, 0.4) is 0 Å². The summed E-state index contributed by atoms with van der Waals surface area (Å²) >= 11 is -2.00. The molecule has 0 amide bonds. The summed E-state index contributed by atoms with van der Waals surface area (Å²) in [6.45, 7) is 3.88. The maximum absolute atomic E-state index is 13.1.